The van der Waals surface area contributed by atoms with Crippen LogP contribution in [0.2, 0.25) is 0 Å². The van der Waals surface area contributed by atoms with Gasteiger partial charge in [0.15, 0.2) is 0 Å². The number of alkyl halides is 3. The van der Waals surface area contributed by atoms with Gasteiger partial charge in [0.25, 0.3) is 3.79 Å². The van der Waals surface area contributed by atoms with Crippen molar-refractivity contribution >= 4 is 46.7 Å². The van der Waals surface area contributed by atoms with Crippen LogP contribution in [0.4, 0.5) is 0 Å². The molecule has 0 amide bonds. The molecule has 0 saturated carbocycles. The van der Waals surface area contributed by atoms with E-state index in [9.17, 15) is 4.79 Å². The van der Waals surface area contributed by atoms with E-state index in [4.69, 9.17) is 59.2 Å². The predicted molar refractivity (Wildman–Crippen MR) is 79.0 cm³/mol. The summed E-state index contributed by atoms with van der Waals surface area (Å²) in [5.74, 6) is -1.12. The zero-order chi connectivity index (χ0) is 16.2. The summed E-state index contributed by atoms with van der Waals surface area (Å²) >= 11 is 16.8. The van der Waals surface area contributed by atoms with Gasteiger partial charge in [-0.05, 0) is 0 Å². The molecule has 1 aliphatic heterocycles. The lowest BCUT2D eigenvalue weighted by atomic mass is 9.95. The molecule has 0 aromatic heterocycles. The molecule has 0 aromatic rings. The van der Waals surface area contributed by atoms with Crippen LogP contribution in [0.15, 0.2) is 0 Å². The van der Waals surface area contributed by atoms with Gasteiger partial charge in [-0.15, -0.1) is 0 Å². The number of hydrogen-bond donors (Lipinski definition) is 1. The zero-order valence-corrected chi connectivity index (χ0v) is 14.2. The normalized spacial score (nSPS) is 29.8. The minimum absolute atomic E-state index is 0.0723. The van der Waals surface area contributed by atoms with Crippen LogP contribution < -0.4 is 0 Å². The molecule has 0 aliphatic carbocycles. The molecular formula is C12H18Cl3NO5. The smallest absolute Gasteiger partial charge is 0.302 e. The van der Waals surface area contributed by atoms with Crippen molar-refractivity contribution < 1.29 is 23.7 Å². The Hall–Kier alpha value is -0.270. The van der Waals surface area contributed by atoms with Crippen molar-refractivity contribution in [3.63, 3.8) is 0 Å². The first-order chi connectivity index (χ1) is 9.65. The third kappa shape index (κ3) is 5.79. The van der Waals surface area contributed by atoms with Gasteiger partial charge in [0, 0.05) is 26.4 Å². The van der Waals surface area contributed by atoms with E-state index in [1.165, 1.54) is 6.92 Å². The lowest BCUT2D eigenvalue weighted by Gasteiger charge is -2.39. The van der Waals surface area contributed by atoms with E-state index in [0.717, 1.165) is 0 Å². The van der Waals surface area contributed by atoms with Crippen LogP contribution in [-0.4, -0.2) is 47.9 Å². The van der Waals surface area contributed by atoms with Crippen LogP contribution in [-0.2, 0) is 23.7 Å². The fourth-order valence-corrected chi connectivity index (χ4v) is 2.10. The van der Waals surface area contributed by atoms with Gasteiger partial charge in [-0.3, -0.25) is 10.2 Å². The minimum Gasteiger partial charge on any atom is -0.463 e. The van der Waals surface area contributed by atoms with Crippen molar-refractivity contribution in [1.82, 2.24) is 0 Å². The molecule has 6 nitrogen and oxygen atoms in total. The van der Waals surface area contributed by atoms with Gasteiger partial charge in [-0.25, -0.2) is 0 Å². The Kier molecular flexibility index (Phi) is 7.00. The number of methoxy groups -OCH3 is 1. The quantitative estimate of drug-likeness (QED) is 0.360. The highest BCUT2D eigenvalue weighted by atomic mass is 35.6. The van der Waals surface area contributed by atoms with E-state index >= 15 is 0 Å². The van der Waals surface area contributed by atoms with Gasteiger partial charge >= 0.3 is 5.97 Å². The lowest BCUT2D eigenvalue weighted by Crippen LogP contribution is -2.48. The summed E-state index contributed by atoms with van der Waals surface area (Å²) in [6.07, 6.45) is -0.894. The Morgan fingerprint density at radius 3 is 2.52 bits per heavy atom. The molecular weight excluding hydrogens is 344 g/mol. The number of carbonyl (C=O) groups is 1. The van der Waals surface area contributed by atoms with Gasteiger partial charge in [0.2, 0.25) is 12.2 Å². The third-order valence-corrected chi connectivity index (χ3v) is 3.62. The fraction of sp³-hybridized carbons (Fsp3) is 0.833. The molecule has 0 spiro atoms. The summed E-state index contributed by atoms with van der Waals surface area (Å²) in [5.41, 5.74) is 0. The number of nitrogens with one attached hydrogen (secondary N) is 1. The maximum atomic E-state index is 10.9. The largest absolute Gasteiger partial charge is 0.463 e. The van der Waals surface area contributed by atoms with Gasteiger partial charge in [0.1, 0.15) is 6.61 Å². The highest BCUT2D eigenvalue weighted by Crippen LogP contribution is 2.33. The standard InChI is InChI=1S/C12H18Cl3NO5/c1-6-9(18-3)4-8(5-19-7(2)17)20-10(6)21-11(16)12(13,14)15/h6,8-10,16H,4-5H2,1-3H3/t6?,8?,9-,10?/m0/s1. The van der Waals surface area contributed by atoms with Crippen LogP contribution >= 0.6 is 34.8 Å². The van der Waals surface area contributed by atoms with E-state index in [2.05, 4.69) is 0 Å². The minimum atomic E-state index is -1.96. The monoisotopic (exact) mass is 361 g/mol. The SMILES string of the molecule is CO[C@H]1CC(COC(C)=O)OC(OC(=N)C(Cl)(Cl)Cl)C1C. The summed E-state index contributed by atoms with van der Waals surface area (Å²) in [6.45, 7) is 3.22. The molecule has 4 atom stereocenters. The van der Waals surface area contributed by atoms with E-state index < -0.39 is 28.1 Å². The van der Waals surface area contributed by atoms with E-state index in [1.807, 2.05) is 6.92 Å². The molecule has 3 unspecified atom stereocenters. The molecule has 122 valence electrons. The first-order valence-corrected chi connectivity index (χ1v) is 7.42. The molecule has 9 heteroatoms. The Bertz CT molecular complexity index is 388. The van der Waals surface area contributed by atoms with Gasteiger partial charge < -0.3 is 18.9 Å². The molecule has 0 radical (unpaired) electrons. The second-order valence-corrected chi connectivity index (χ2v) is 7.02. The number of halogens is 3. The molecule has 1 saturated heterocycles. The first kappa shape index (κ1) is 18.8. The Morgan fingerprint density at radius 2 is 2.05 bits per heavy atom. The number of ether oxygens (including phenoxy) is 4. The highest BCUT2D eigenvalue weighted by Gasteiger charge is 2.41. The molecule has 1 aliphatic rings. The third-order valence-electron chi connectivity index (χ3n) is 3.10. The van der Waals surface area contributed by atoms with Crippen molar-refractivity contribution in [3.8, 4) is 0 Å². The van der Waals surface area contributed by atoms with Crippen LogP contribution in [0, 0.1) is 11.3 Å². The maximum absolute atomic E-state index is 10.9. The van der Waals surface area contributed by atoms with Crippen LogP contribution in [0.1, 0.15) is 20.3 Å². The van der Waals surface area contributed by atoms with Gasteiger partial charge in [0.05, 0.1) is 12.2 Å². The average Bonchev–Trinajstić information content (AvgIpc) is 2.38. The maximum Gasteiger partial charge on any atom is 0.302 e. The predicted octanol–water partition coefficient (Wildman–Crippen LogP) is 2.68. The van der Waals surface area contributed by atoms with Crippen molar-refractivity contribution in [2.24, 2.45) is 5.92 Å². The lowest BCUT2D eigenvalue weighted by molar-refractivity contribution is -0.227. The van der Waals surface area contributed by atoms with E-state index in [1.54, 1.807) is 7.11 Å². The molecule has 1 heterocycles. The molecule has 1 fully saturated rings. The summed E-state index contributed by atoms with van der Waals surface area (Å²) in [5, 5.41) is 7.60. The van der Waals surface area contributed by atoms with Crippen LogP contribution in [0.5, 0.6) is 0 Å². The Morgan fingerprint density at radius 1 is 1.43 bits per heavy atom. The van der Waals surface area contributed by atoms with Crippen molar-refractivity contribution in [2.75, 3.05) is 13.7 Å². The molecule has 1 N–H and O–H groups in total. The van der Waals surface area contributed by atoms with Crippen molar-refractivity contribution in [2.45, 2.75) is 42.6 Å². The summed E-state index contributed by atoms with van der Waals surface area (Å²) < 4.78 is 19.3. The van der Waals surface area contributed by atoms with Crippen molar-refractivity contribution in [3.05, 3.63) is 0 Å². The average molecular weight is 363 g/mol. The molecule has 1 rings (SSSR count). The Labute approximate surface area is 138 Å². The zero-order valence-electron chi connectivity index (χ0n) is 11.9. The van der Waals surface area contributed by atoms with Crippen molar-refractivity contribution in [1.29, 1.82) is 5.41 Å². The first-order valence-electron chi connectivity index (χ1n) is 6.29. The highest BCUT2D eigenvalue weighted by molar-refractivity contribution is 6.76. The summed E-state index contributed by atoms with van der Waals surface area (Å²) in [6, 6.07) is 0. The summed E-state index contributed by atoms with van der Waals surface area (Å²) in [4.78, 5) is 10.9. The number of rotatable bonds is 4. The molecule has 21 heavy (non-hydrogen) atoms. The summed E-state index contributed by atoms with van der Waals surface area (Å²) in [7, 11) is 1.56. The van der Waals surface area contributed by atoms with Gasteiger partial charge in [-0.2, -0.15) is 0 Å². The number of carbonyl (C=O) groups excluding carboxylic acids is 1. The number of esters is 1. The Balaban J connectivity index is 2.71. The molecule has 0 aromatic carbocycles. The van der Waals surface area contributed by atoms with Gasteiger partial charge in [-0.1, -0.05) is 41.7 Å². The van der Waals surface area contributed by atoms with E-state index in [-0.39, 0.29) is 18.6 Å². The van der Waals surface area contributed by atoms with Crippen LogP contribution in [0.25, 0.3) is 0 Å². The topological polar surface area (TPSA) is 77.8 Å². The number of hydrogen-bond acceptors (Lipinski definition) is 6. The fourth-order valence-electron chi connectivity index (χ4n) is 1.96. The second kappa shape index (κ2) is 7.83. The molecule has 0 bridgehead atoms. The van der Waals surface area contributed by atoms with E-state index in [0.29, 0.717) is 6.42 Å². The van der Waals surface area contributed by atoms with Crippen LogP contribution in [0.3, 0.4) is 0 Å². The second-order valence-electron chi connectivity index (χ2n) is 4.74.